The van der Waals surface area contributed by atoms with E-state index in [9.17, 15) is 4.79 Å². The van der Waals surface area contributed by atoms with Gasteiger partial charge in [0.2, 0.25) is 0 Å². The molecule has 0 spiro atoms. The Morgan fingerprint density at radius 2 is 2.25 bits per heavy atom. The van der Waals surface area contributed by atoms with Gasteiger partial charge in [0.25, 0.3) is 0 Å². The van der Waals surface area contributed by atoms with Crippen LogP contribution in [0.1, 0.15) is 33.1 Å². The molecule has 0 bridgehead atoms. The highest BCUT2D eigenvalue weighted by Gasteiger charge is 2.28. The van der Waals surface area contributed by atoms with E-state index in [2.05, 4.69) is 12.2 Å². The Bertz CT molecular complexity index is 159. The van der Waals surface area contributed by atoms with E-state index in [1.54, 1.807) is 0 Å². The average molecular weight is 171 g/mol. The lowest BCUT2D eigenvalue weighted by atomic mass is 10.1. The van der Waals surface area contributed by atoms with E-state index in [-0.39, 0.29) is 12.0 Å². The van der Waals surface area contributed by atoms with Crippen LogP contribution < -0.4 is 5.32 Å². The van der Waals surface area contributed by atoms with E-state index < -0.39 is 0 Å². The first-order valence-corrected chi connectivity index (χ1v) is 4.70. The van der Waals surface area contributed by atoms with Gasteiger partial charge in [0.1, 0.15) is 6.04 Å². The lowest BCUT2D eigenvalue weighted by molar-refractivity contribution is -0.145. The molecule has 1 unspecified atom stereocenters. The van der Waals surface area contributed by atoms with Crippen LogP contribution in [0.3, 0.4) is 0 Å². The van der Waals surface area contributed by atoms with Crippen LogP contribution in [-0.4, -0.2) is 24.7 Å². The molecule has 0 saturated carbocycles. The maximum atomic E-state index is 11.2. The molecule has 1 aliphatic heterocycles. The quantitative estimate of drug-likeness (QED) is 0.646. The Morgan fingerprint density at radius 1 is 1.50 bits per heavy atom. The van der Waals surface area contributed by atoms with Crippen molar-refractivity contribution in [1.82, 2.24) is 5.32 Å². The Balaban J connectivity index is 2.31. The predicted molar refractivity (Wildman–Crippen MR) is 46.9 cm³/mol. The molecular weight excluding hydrogens is 154 g/mol. The van der Waals surface area contributed by atoms with Gasteiger partial charge in [0.15, 0.2) is 0 Å². The van der Waals surface area contributed by atoms with E-state index in [0.29, 0.717) is 12.6 Å². The molecule has 0 aliphatic carbocycles. The van der Waals surface area contributed by atoms with Gasteiger partial charge in [0.05, 0.1) is 6.61 Å². The third-order valence-electron chi connectivity index (χ3n) is 2.30. The van der Waals surface area contributed by atoms with E-state index in [1.807, 2.05) is 6.92 Å². The van der Waals surface area contributed by atoms with Gasteiger partial charge in [0, 0.05) is 6.04 Å². The number of hydrogen-bond acceptors (Lipinski definition) is 3. The number of ether oxygens (including phenoxy) is 1. The summed E-state index contributed by atoms with van der Waals surface area (Å²) in [5.41, 5.74) is 0. The van der Waals surface area contributed by atoms with Gasteiger partial charge < -0.3 is 10.1 Å². The van der Waals surface area contributed by atoms with Gasteiger partial charge in [-0.05, 0) is 26.2 Å². The van der Waals surface area contributed by atoms with Gasteiger partial charge in [-0.25, -0.2) is 0 Å². The molecule has 0 aromatic rings. The maximum absolute atomic E-state index is 11.2. The lowest BCUT2D eigenvalue weighted by Gasteiger charge is -2.11. The molecule has 1 N–H and O–H groups in total. The third-order valence-corrected chi connectivity index (χ3v) is 2.30. The molecule has 70 valence electrons. The van der Waals surface area contributed by atoms with Crippen LogP contribution in [-0.2, 0) is 9.53 Å². The Morgan fingerprint density at radius 3 is 2.75 bits per heavy atom. The SMILES string of the molecule is CCOC(=O)[C@H]1CCC(CC)N1. The van der Waals surface area contributed by atoms with E-state index in [0.717, 1.165) is 19.3 Å². The summed E-state index contributed by atoms with van der Waals surface area (Å²) in [4.78, 5) is 11.2. The molecule has 0 radical (unpaired) electrons. The summed E-state index contributed by atoms with van der Waals surface area (Å²) >= 11 is 0. The smallest absolute Gasteiger partial charge is 0.323 e. The molecule has 2 atom stereocenters. The fraction of sp³-hybridized carbons (Fsp3) is 0.889. The molecule has 1 fully saturated rings. The second-order valence-electron chi connectivity index (χ2n) is 3.15. The van der Waals surface area contributed by atoms with Crippen molar-refractivity contribution in [3.63, 3.8) is 0 Å². The average Bonchev–Trinajstić information content (AvgIpc) is 2.52. The van der Waals surface area contributed by atoms with Crippen molar-refractivity contribution in [3.05, 3.63) is 0 Å². The van der Waals surface area contributed by atoms with E-state index in [1.165, 1.54) is 0 Å². The summed E-state index contributed by atoms with van der Waals surface area (Å²) in [5, 5.41) is 3.25. The molecule has 0 aromatic carbocycles. The number of esters is 1. The van der Waals surface area contributed by atoms with Crippen molar-refractivity contribution >= 4 is 5.97 Å². The third kappa shape index (κ3) is 2.21. The van der Waals surface area contributed by atoms with Gasteiger partial charge in [-0.3, -0.25) is 4.79 Å². The molecule has 3 nitrogen and oxygen atoms in total. The summed E-state index contributed by atoms with van der Waals surface area (Å²) in [5.74, 6) is -0.0894. The highest BCUT2D eigenvalue weighted by atomic mass is 16.5. The van der Waals surface area contributed by atoms with Gasteiger partial charge >= 0.3 is 5.97 Å². The fourth-order valence-corrected chi connectivity index (χ4v) is 1.57. The van der Waals surface area contributed by atoms with Crippen LogP contribution in [0.25, 0.3) is 0 Å². The van der Waals surface area contributed by atoms with Crippen molar-refractivity contribution in [3.8, 4) is 0 Å². The first-order valence-electron chi connectivity index (χ1n) is 4.70. The molecule has 1 saturated heterocycles. The standard InChI is InChI=1S/C9H17NO2/c1-3-7-5-6-8(10-7)9(11)12-4-2/h7-8,10H,3-6H2,1-2H3/t7?,8-/m1/s1. The first kappa shape index (κ1) is 9.52. The van der Waals surface area contributed by atoms with Gasteiger partial charge in [-0.15, -0.1) is 0 Å². The monoisotopic (exact) mass is 171 g/mol. The predicted octanol–water partition coefficient (Wildman–Crippen LogP) is 1.08. The minimum Gasteiger partial charge on any atom is -0.465 e. The largest absolute Gasteiger partial charge is 0.465 e. The summed E-state index contributed by atoms with van der Waals surface area (Å²) in [7, 11) is 0. The van der Waals surface area contributed by atoms with Crippen LogP contribution in [0.2, 0.25) is 0 Å². The Kier molecular flexibility index (Phi) is 3.53. The molecule has 1 rings (SSSR count). The van der Waals surface area contributed by atoms with Crippen LogP contribution in [0.5, 0.6) is 0 Å². The van der Waals surface area contributed by atoms with Gasteiger partial charge in [-0.1, -0.05) is 6.92 Å². The zero-order valence-electron chi connectivity index (χ0n) is 7.80. The lowest BCUT2D eigenvalue weighted by Crippen LogP contribution is -2.36. The molecule has 0 aromatic heterocycles. The Hall–Kier alpha value is -0.570. The zero-order valence-corrected chi connectivity index (χ0v) is 7.80. The molecule has 12 heavy (non-hydrogen) atoms. The number of carbonyl (C=O) groups is 1. The van der Waals surface area contributed by atoms with Crippen LogP contribution >= 0.6 is 0 Å². The van der Waals surface area contributed by atoms with E-state index >= 15 is 0 Å². The summed E-state index contributed by atoms with van der Waals surface area (Å²) in [6.07, 6.45) is 3.12. The number of nitrogens with one attached hydrogen (secondary N) is 1. The highest BCUT2D eigenvalue weighted by molar-refractivity contribution is 5.76. The minimum absolute atomic E-state index is 0.0464. The minimum atomic E-state index is -0.0894. The van der Waals surface area contributed by atoms with Crippen molar-refractivity contribution < 1.29 is 9.53 Å². The highest BCUT2D eigenvalue weighted by Crippen LogP contribution is 2.15. The molecular formula is C9H17NO2. The van der Waals surface area contributed by atoms with Crippen LogP contribution in [0.15, 0.2) is 0 Å². The van der Waals surface area contributed by atoms with Crippen molar-refractivity contribution in [2.45, 2.75) is 45.2 Å². The summed E-state index contributed by atoms with van der Waals surface area (Å²) < 4.78 is 4.92. The van der Waals surface area contributed by atoms with Gasteiger partial charge in [-0.2, -0.15) is 0 Å². The second kappa shape index (κ2) is 4.45. The summed E-state index contributed by atoms with van der Waals surface area (Å²) in [6.45, 7) is 4.45. The topological polar surface area (TPSA) is 38.3 Å². The van der Waals surface area contributed by atoms with Crippen LogP contribution in [0, 0.1) is 0 Å². The van der Waals surface area contributed by atoms with Crippen LogP contribution in [0.4, 0.5) is 0 Å². The summed E-state index contributed by atoms with van der Waals surface area (Å²) in [6, 6.07) is 0.467. The fourth-order valence-electron chi connectivity index (χ4n) is 1.57. The normalized spacial score (nSPS) is 28.8. The Labute approximate surface area is 73.5 Å². The number of hydrogen-bond donors (Lipinski definition) is 1. The number of rotatable bonds is 3. The van der Waals surface area contributed by atoms with Crippen molar-refractivity contribution in [1.29, 1.82) is 0 Å². The molecule has 3 heteroatoms. The van der Waals surface area contributed by atoms with E-state index in [4.69, 9.17) is 4.74 Å². The zero-order chi connectivity index (χ0) is 8.97. The maximum Gasteiger partial charge on any atom is 0.323 e. The molecule has 1 aliphatic rings. The molecule has 0 amide bonds. The molecule has 1 heterocycles. The van der Waals surface area contributed by atoms with Crippen molar-refractivity contribution in [2.75, 3.05) is 6.61 Å². The number of carbonyl (C=O) groups excluding carboxylic acids is 1. The first-order chi connectivity index (χ1) is 5.77. The van der Waals surface area contributed by atoms with Crippen molar-refractivity contribution in [2.24, 2.45) is 0 Å². The second-order valence-corrected chi connectivity index (χ2v) is 3.15.